The van der Waals surface area contributed by atoms with E-state index >= 15 is 0 Å². The van der Waals surface area contributed by atoms with E-state index in [4.69, 9.17) is 11.6 Å². The Bertz CT molecular complexity index is 569. The predicted octanol–water partition coefficient (Wildman–Crippen LogP) is 4.65. The Hall–Kier alpha value is -0.840. The highest BCUT2D eigenvalue weighted by atomic mass is 79.9. The molecule has 2 nitrogen and oxygen atoms in total. The maximum absolute atomic E-state index is 11.9. The van der Waals surface area contributed by atoms with Crippen molar-refractivity contribution in [2.24, 2.45) is 0 Å². The first-order valence-electron chi connectivity index (χ1n) is 5.34. The van der Waals surface area contributed by atoms with Crippen LogP contribution in [0, 0.1) is 6.92 Å². The molecule has 0 saturated heterocycles. The average molecular weight is 345 g/mol. The number of benzene rings is 1. The zero-order valence-electron chi connectivity index (χ0n) is 9.67. The van der Waals surface area contributed by atoms with Gasteiger partial charge in [0.2, 0.25) is 5.91 Å². The summed E-state index contributed by atoms with van der Waals surface area (Å²) in [7, 11) is 0. The number of carbonyl (C=O) groups excluding carboxylic acids is 1. The van der Waals surface area contributed by atoms with Gasteiger partial charge in [0.1, 0.15) is 0 Å². The Labute approximate surface area is 123 Å². The van der Waals surface area contributed by atoms with E-state index in [1.165, 1.54) is 0 Å². The van der Waals surface area contributed by atoms with Crippen molar-refractivity contribution in [3.05, 3.63) is 49.6 Å². The van der Waals surface area contributed by atoms with Crippen molar-refractivity contribution in [2.75, 3.05) is 5.32 Å². The lowest BCUT2D eigenvalue weighted by Crippen LogP contribution is -2.14. The van der Waals surface area contributed by atoms with Crippen LogP contribution in [0.3, 0.4) is 0 Å². The van der Waals surface area contributed by atoms with Crippen molar-refractivity contribution in [3.8, 4) is 0 Å². The Morgan fingerprint density at radius 1 is 1.50 bits per heavy atom. The highest BCUT2D eigenvalue weighted by molar-refractivity contribution is 9.10. The quantitative estimate of drug-likeness (QED) is 0.862. The van der Waals surface area contributed by atoms with E-state index in [2.05, 4.69) is 21.2 Å². The molecule has 18 heavy (non-hydrogen) atoms. The van der Waals surface area contributed by atoms with Gasteiger partial charge in [-0.1, -0.05) is 17.7 Å². The molecule has 1 amide bonds. The molecular weight excluding hydrogens is 334 g/mol. The molecule has 94 valence electrons. The van der Waals surface area contributed by atoms with Crippen molar-refractivity contribution in [2.45, 2.75) is 13.3 Å². The lowest BCUT2D eigenvalue weighted by atomic mass is 10.2. The second-order valence-corrected chi connectivity index (χ2v) is 6.18. The Morgan fingerprint density at radius 2 is 2.28 bits per heavy atom. The number of halogens is 2. The fourth-order valence-corrected chi connectivity index (χ4v) is 2.93. The van der Waals surface area contributed by atoms with Crippen LogP contribution in [0.1, 0.15) is 10.4 Å². The first kappa shape index (κ1) is 13.6. The molecule has 0 aliphatic carbocycles. The third-order valence-electron chi connectivity index (χ3n) is 2.44. The molecule has 0 unspecified atom stereocenters. The van der Waals surface area contributed by atoms with Gasteiger partial charge in [-0.2, -0.15) is 0 Å². The minimum absolute atomic E-state index is 0.0435. The molecule has 0 spiro atoms. The van der Waals surface area contributed by atoms with Crippen LogP contribution in [0.5, 0.6) is 0 Å². The standard InChI is InChI=1S/C13H11BrClNOS/c1-8-5-10(14)12(7-11(8)15)16-13(17)6-9-3-2-4-18-9/h2-5,7H,6H2,1H3,(H,16,17). The summed E-state index contributed by atoms with van der Waals surface area (Å²) in [6, 6.07) is 7.53. The highest BCUT2D eigenvalue weighted by Gasteiger charge is 2.09. The van der Waals surface area contributed by atoms with Gasteiger partial charge in [-0.3, -0.25) is 4.79 Å². The number of hydrogen-bond donors (Lipinski definition) is 1. The SMILES string of the molecule is Cc1cc(Br)c(NC(=O)Cc2cccs2)cc1Cl. The van der Waals surface area contributed by atoms with Crippen molar-refractivity contribution in [3.63, 3.8) is 0 Å². The second kappa shape index (κ2) is 5.87. The number of nitrogens with one attached hydrogen (secondary N) is 1. The molecule has 1 aromatic carbocycles. The fourth-order valence-electron chi connectivity index (χ4n) is 1.51. The average Bonchev–Trinajstić information content (AvgIpc) is 2.78. The van der Waals surface area contributed by atoms with Crippen LogP contribution in [0.15, 0.2) is 34.1 Å². The Balaban J connectivity index is 2.09. The normalized spacial score (nSPS) is 10.4. The lowest BCUT2D eigenvalue weighted by molar-refractivity contribution is -0.115. The summed E-state index contributed by atoms with van der Waals surface area (Å²) in [6.45, 7) is 1.92. The number of amides is 1. The number of carbonyl (C=O) groups is 1. The van der Waals surface area contributed by atoms with Gasteiger partial charge in [0, 0.05) is 14.4 Å². The van der Waals surface area contributed by atoms with Gasteiger partial charge in [-0.05, 0) is 52.0 Å². The summed E-state index contributed by atoms with van der Waals surface area (Å²) < 4.78 is 0.837. The van der Waals surface area contributed by atoms with Crippen molar-refractivity contribution in [1.82, 2.24) is 0 Å². The first-order chi connectivity index (χ1) is 8.56. The summed E-state index contributed by atoms with van der Waals surface area (Å²) in [5, 5.41) is 5.46. The number of thiophene rings is 1. The van der Waals surface area contributed by atoms with Gasteiger partial charge in [0.15, 0.2) is 0 Å². The minimum Gasteiger partial charge on any atom is -0.325 e. The lowest BCUT2D eigenvalue weighted by Gasteiger charge is -2.09. The molecule has 0 atom stereocenters. The van der Waals surface area contributed by atoms with Crippen LogP contribution < -0.4 is 5.32 Å². The Kier molecular flexibility index (Phi) is 4.43. The summed E-state index contributed by atoms with van der Waals surface area (Å²) in [6.07, 6.45) is 0.385. The topological polar surface area (TPSA) is 29.1 Å². The summed E-state index contributed by atoms with van der Waals surface area (Å²) in [5.74, 6) is -0.0435. The highest BCUT2D eigenvalue weighted by Crippen LogP contribution is 2.29. The minimum atomic E-state index is -0.0435. The first-order valence-corrected chi connectivity index (χ1v) is 7.39. The third-order valence-corrected chi connectivity index (χ3v) is 4.38. The molecule has 0 aliphatic heterocycles. The van der Waals surface area contributed by atoms with Crippen molar-refractivity contribution < 1.29 is 4.79 Å². The molecule has 1 heterocycles. The molecule has 2 rings (SSSR count). The van der Waals surface area contributed by atoms with Crippen molar-refractivity contribution in [1.29, 1.82) is 0 Å². The zero-order valence-corrected chi connectivity index (χ0v) is 12.8. The molecular formula is C13H11BrClNOS. The maximum Gasteiger partial charge on any atom is 0.229 e. The van der Waals surface area contributed by atoms with Gasteiger partial charge in [-0.15, -0.1) is 11.3 Å². The van der Waals surface area contributed by atoms with Gasteiger partial charge < -0.3 is 5.32 Å². The largest absolute Gasteiger partial charge is 0.325 e. The molecule has 0 bridgehead atoms. The summed E-state index contributed by atoms with van der Waals surface area (Å²) in [4.78, 5) is 12.9. The third kappa shape index (κ3) is 3.34. The van der Waals surface area contributed by atoms with E-state index in [0.717, 1.165) is 14.9 Å². The van der Waals surface area contributed by atoms with Crippen LogP contribution in [0.25, 0.3) is 0 Å². The number of hydrogen-bond acceptors (Lipinski definition) is 2. The van der Waals surface area contributed by atoms with Crippen LogP contribution in [-0.4, -0.2) is 5.91 Å². The molecule has 5 heteroatoms. The molecule has 0 saturated carbocycles. The van der Waals surface area contributed by atoms with E-state index in [1.54, 1.807) is 17.4 Å². The molecule has 0 radical (unpaired) electrons. The van der Waals surface area contributed by atoms with E-state index < -0.39 is 0 Å². The van der Waals surface area contributed by atoms with Gasteiger partial charge >= 0.3 is 0 Å². The Morgan fingerprint density at radius 3 is 2.94 bits per heavy atom. The second-order valence-electron chi connectivity index (χ2n) is 3.89. The smallest absolute Gasteiger partial charge is 0.229 e. The fraction of sp³-hybridized carbons (Fsp3) is 0.154. The van der Waals surface area contributed by atoms with Gasteiger partial charge in [0.05, 0.1) is 12.1 Å². The van der Waals surface area contributed by atoms with Gasteiger partial charge in [0.25, 0.3) is 0 Å². The van der Waals surface area contributed by atoms with Crippen LogP contribution in [-0.2, 0) is 11.2 Å². The van der Waals surface area contributed by atoms with Crippen molar-refractivity contribution >= 4 is 50.5 Å². The maximum atomic E-state index is 11.9. The number of anilines is 1. The molecule has 1 aromatic heterocycles. The molecule has 1 N–H and O–H groups in total. The van der Waals surface area contributed by atoms with Crippen LogP contribution in [0.4, 0.5) is 5.69 Å². The van der Waals surface area contributed by atoms with E-state index in [-0.39, 0.29) is 5.91 Å². The molecule has 0 aliphatic rings. The molecule has 0 fully saturated rings. The van der Waals surface area contributed by atoms with Gasteiger partial charge in [-0.25, -0.2) is 0 Å². The van der Waals surface area contributed by atoms with E-state index in [9.17, 15) is 4.79 Å². The van der Waals surface area contributed by atoms with Crippen LogP contribution in [0.2, 0.25) is 5.02 Å². The summed E-state index contributed by atoms with van der Waals surface area (Å²) in [5.41, 5.74) is 1.67. The van der Waals surface area contributed by atoms with Crippen LogP contribution >= 0.6 is 38.9 Å². The molecule has 2 aromatic rings. The number of rotatable bonds is 3. The van der Waals surface area contributed by atoms with E-state index in [1.807, 2.05) is 30.5 Å². The zero-order chi connectivity index (χ0) is 13.1. The van der Waals surface area contributed by atoms with E-state index in [0.29, 0.717) is 17.1 Å². The monoisotopic (exact) mass is 343 g/mol. The summed E-state index contributed by atoms with van der Waals surface area (Å²) >= 11 is 11.0. The number of aryl methyl sites for hydroxylation is 1. The predicted molar refractivity (Wildman–Crippen MR) is 80.5 cm³/mol.